The number of nitrogens with zero attached hydrogens (tertiary/aromatic N) is 1. The summed E-state index contributed by atoms with van der Waals surface area (Å²) in [6.07, 6.45) is 2.00. The van der Waals surface area contributed by atoms with E-state index in [1.165, 1.54) is 0 Å². The molecule has 2 unspecified atom stereocenters. The summed E-state index contributed by atoms with van der Waals surface area (Å²) in [5.74, 6) is -0.150. The summed E-state index contributed by atoms with van der Waals surface area (Å²) in [6.45, 7) is 2.77. The zero-order chi connectivity index (χ0) is 17.8. The molecule has 0 radical (unpaired) electrons. The minimum absolute atomic E-state index is 0.0378. The molecule has 2 aromatic carbocycles. The van der Waals surface area contributed by atoms with Crippen LogP contribution < -0.4 is 5.32 Å². The first-order valence-electron chi connectivity index (χ1n) is 8.47. The van der Waals surface area contributed by atoms with E-state index < -0.39 is 6.04 Å². The van der Waals surface area contributed by atoms with Crippen LogP contribution in [-0.4, -0.2) is 24.2 Å². The molecule has 0 spiro atoms. The lowest BCUT2D eigenvalue weighted by molar-refractivity contribution is -0.122. The molecule has 2 aromatic rings. The quantitative estimate of drug-likeness (QED) is 0.720. The first-order valence-corrected chi connectivity index (χ1v) is 9.23. The maximum absolute atomic E-state index is 12.5. The first kappa shape index (κ1) is 18.0. The fourth-order valence-corrected chi connectivity index (χ4v) is 3.35. The number of hydrogen-bond acceptors (Lipinski definition) is 2. The highest BCUT2D eigenvalue weighted by Gasteiger charge is 2.41. The summed E-state index contributed by atoms with van der Waals surface area (Å²) in [4.78, 5) is 17.1. The molecule has 1 aliphatic rings. The normalized spacial score (nSPS) is 19.1. The van der Waals surface area contributed by atoms with Gasteiger partial charge in [0.2, 0.25) is 5.91 Å². The standard InChI is InChI=1S/C20H20Cl2N2O/c1-2-3-12-23-20(25)19-17(13-8-10-14(21)11-9-13)18(24-19)15-6-4-5-7-16(15)22/h4-11,17,19H,2-3,12H2,1H3,(H,23,25). The van der Waals surface area contributed by atoms with Crippen LogP contribution in [0.3, 0.4) is 0 Å². The van der Waals surface area contributed by atoms with Gasteiger partial charge in [0.25, 0.3) is 0 Å². The van der Waals surface area contributed by atoms with Gasteiger partial charge in [-0.15, -0.1) is 0 Å². The highest BCUT2D eigenvalue weighted by Crippen LogP contribution is 2.37. The molecule has 0 aliphatic carbocycles. The van der Waals surface area contributed by atoms with Gasteiger partial charge < -0.3 is 5.32 Å². The number of nitrogens with one attached hydrogen (secondary N) is 1. The van der Waals surface area contributed by atoms with Crippen LogP contribution in [0.1, 0.15) is 36.8 Å². The molecule has 0 bridgehead atoms. The molecule has 1 amide bonds. The van der Waals surface area contributed by atoms with Crippen molar-refractivity contribution in [3.8, 4) is 0 Å². The Balaban J connectivity index is 1.90. The third-order valence-electron chi connectivity index (χ3n) is 4.37. The van der Waals surface area contributed by atoms with E-state index in [4.69, 9.17) is 23.2 Å². The third-order valence-corrected chi connectivity index (χ3v) is 4.95. The van der Waals surface area contributed by atoms with Crippen LogP contribution in [0, 0.1) is 0 Å². The van der Waals surface area contributed by atoms with Crippen LogP contribution >= 0.6 is 23.2 Å². The second-order valence-corrected chi connectivity index (χ2v) is 6.96. The first-order chi connectivity index (χ1) is 12.1. The molecule has 5 heteroatoms. The SMILES string of the molecule is CCCCNC(=O)C1N=C(c2ccccc2Cl)C1c1ccc(Cl)cc1. The van der Waals surface area contributed by atoms with Gasteiger partial charge in [-0.05, 0) is 30.2 Å². The van der Waals surface area contributed by atoms with E-state index in [0.29, 0.717) is 16.6 Å². The van der Waals surface area contributed by atoms with E-state index in [9.17, 15) is 4.79 Å². The highest BCUT2D eigenvalue weighted by atomic mass is 35.5. The molecule has 1 heterocycles. The Bertz CT molecular complexity index is 787. The molecule has 1 aliphatic heterocycles. The number of aliphatic imine (C=N–C) groups is 1. The molecule has 0 saturated heterocycles. The fraction of sp³-hybridized carbons (Fsp3) is 0.300. The maximum atomic E-state index is 12.5. The van der Waals surface area contributed by atoms with Crippen LogP contribution in [0.15, 0.2) is 53.5 Å². The number of benzene rings is 2. The summed E-state index contributed by atoms with van der Waals surface area (Å²) in [6, 6.07) is 14.7. The number of rotatable bonds is 6. The molecule has 130 valence electrons. The predicted molar refractivity (Wildman–Crippen MR) is 104 cm³/mol. The van der Waals surface area contributed by atoms with Crippen molar-refractivity contribution in [2.24, 2.45) is 4.99 Å². The summed E-state index contributed by atoms with van der Waals surface area (Å²) in [5.41, 5.74) is 2.75. The van der Waals surface area contributed by atoms with Crippen molar-refractivity contribution in [2.75, 3.05) is 6.54 Å². The van der Waals surface area contributed by atoms with Gasteiger partial charge in [-0.25, -0.2) is 0 Å². The molecular weight excluding hydrogens is 355 g/mol. The largest absolute Gasteiger partial charge is 0.354 e. The molecule has 3 rings (SSSR count). The summed E-state index contributed by atoms with van der Waals surface area (Å²) in [7, 11) is 0. The predicted octanol–water partition coefficient (Wildman–Crippen LogP) is 4.86. The second-order valence-electron chi connectivity index (χ2n) is 6.11. The average Bonchev–Trinajstić information content (AvgIpc) is 2.58. The Morgan fingerprint density at radius 1 is 1.12 bits per heavy atom. The van der Waals surface area contributed by atoms with E-state index in [0.717, 1.165) is 29.7 Å². The van der Waals surface area contributed by atoms with Gasteiger partial charge in [-0.1, -0.05) is 66.9 Å². The Kier molecular flexibility index (Phi) is 5.77. The smallest absolute Gasteiger partial charge is 0.245 e. The topological polar surface area (TPSA) is 41.5 Å². The van der Waals surface area contributed by atoms with Gasteiger partial charge in [0, 0.05) is 22.2 Å². The highest BCUT2D eigenvalue weighted by molar-refractivity contribution is 6.35. The maximum Gasteiger partial charge on any atom is 0.245 e. The number of unbranched alkanes of at least 4 members (excludes halogenated alkanes) is 1. The van der Waals surface area contributed by atoms with E-state index in [1.807, 2.05) is 48.5 Å². The van der Waals surface area contributed by atoms with Crippen molar-refractivity contribution in [2.45, 2.75) is 31.7 Å². The van der Waals surface area contributed by atoms with Crippen LogP contribution in [0.5, 0.6) is 0 Å². The minimum atomic E-state index is -0.427. The van der Waals surface area contributed by atoms with Gasteiger partial charge in [0.1, 0.15) is 6.04 Å². The molecule has 3 nitrogen and oxygen atoms in total. The Labute approximate surface area is 158 Å². The van der Waals surface area contributed by atoms with Crippen molar-refractivity contribution in [1.82, 2.24) is 5.32 Å². The monoisotopic (exact) mass is 374 g/mol. The summed E-state index contributed by atoms with van der Waals surface area (Å²) in [5, 5.41) is 4.29. The minimum Gasteiger partial charge on any atom is -0.354 e. The number of hydrogen-bond donors (Lipinski definition) is 1. The van der Waals surface area contributed by atoms with Crippen molar-refractivity contribution < 1.29 is 4.79 Å². The van der Waals surface area contributed by atoms with Gasteiger partial charge in [-0.3, -0.25) is 9.79 Å². The molecule has 0 fully saturated rings. The third kappa shape index (κ3) is 3.88. The van der Waals surface area contributed by atoms with E-state index >= 15 is 0 Å². The lowest BCUT2D eigenvalue weighted by Crippen LogP contribution is -2.47. The van der Waals surface area contributed by atoms with E-state index in [1.54, 1.807) is 0 Å². The van der Waals surface area contributed by atoms with E-state index in [2.05, 4.69) is 17.2 Å². The molecule has 0 saturated carbocycles. The van der Waals surface area contributed by atoms with Gasteiger partial charge in [0.15, 0.2) is 0 Å². The fourth-order valence-electron chi connectivity index (χ4n) is 2.99. The van der Waals surface area contributed by atoms with Crippen LogP contribution in [0.2, 0.25) is 10.0 Å². The van der Waals surface area contributed by atoms with E-state index in [-0.39, 0.29) is 11.8 Å². The Morgan fingerprint density at radius 2 is 1.84 bits per heavy atom. The van der Waals surface area contributed by atoms with Gasteiger partial charge in [0.05, 0.1) is 11.6 Å². The lowest BCUT2D eigenvalue weighted by Gasteiger charge is -2.35. The zero-order valence-corrected chi connectivity index (χ0v) is 15.5. The second kappa shape index (κ2) is 8.03. The van der Waals surface area contributed by atoms with Crippen molar-refractivity contribution >= 4 is 34.8 Å². The summed E-state index contributed by atoms with van der Waals surface area (Å²) < 4.78 is 0. The number of halogens is 2. The lowest BCUT2D eigenvalue weighted by atomic mass is 9.78. The Morgan fingerprint density at radius 3 is 2.52 bits per heavy atom. The van der Waals surface area contributed by atoms with Crippen LogP contribution in [0.25, 0.3) is 0 Å². The van der Waals surface area contributed by atoms with Crippen LogP contribution in [0.4, 0.5) is 0 Å². The summed E-state index contributed by atoms with van der Waals surface area (Å²) >= 11 is 12.3. The van der Waals surface area contributed by atoms with Gasteiger partial charge >= 0.3 is 0 Å². The molecule has 1 N–H and O–H groups in total. The van der Waals surface area contributed by atoms with Crippen molar-refractivity contribution in [1.29, 1.82) is 0 Å². The molecular formula is C20H20Cl2N2O. The van der Waals surface area contributed by atoms with Crippen molar-refractivity contribution in [3.63, 3.8) is 0 Å². The molecule has 2 atom stereocenters. The zero-order valence-electron chi connectivity index (χ0n) is 14.0. The average molecular weight is 375 g/mol. The molecule has 25 heavy (non-hydrogen) atoms. The number of carbonyl (C=O) groups excluding carboxylic acids is 1. The van der Waals surface area contributed by atoms with Crippen LogP contribution in [-0.2, 0) is 4.79 Å². The Hall–Kier alpha value is -1.84. The van der Waals surface area contributed by atoms with Crippen molar-refractivity contribution in [3.05, 3.63) is 69.7 Å². The number of carbonyl (C=O) groups is 1. The van der Waals surface area contributed by atoms with Gasteiger partial charge in [-0.2, -0.15) is 0 Å². The molecule has 0 aromatic heterocycles. The number of amides is 1.